The van der Waals surface area contributed by atoms with Crippen LogP contribution in [0.1, 0.15) is 18.1 Å². The van der Waals surface area contributed by atoms with Gasteiger partial charge in [0.25, 0.3) is 0 Å². The van der Waals surface area contributed by atoms with E-state index in [-0.39, 0.29) is 30.3 Å². The topological polar surface area (TPSA) is 245 Å². The van der Waals surface area contributed by atoms with Crippen LogP contribution in [0.5, 0.6) is 23.0 Å². The molecule has 15 heteroatoms. The Hall–Kier alpha value is -3.51. The van der Waals surface area contributed by atoms with Crippen molar-refractivity contribution < 1.29 is 74.4 Å². The molecule has 0 spiro atoms. The van der Waals surface area contributed by atoms with Crippen molar-refractivity contribution in [3.05, 3.63) is 53.6 Å². The van der Waals surface area contributed by atoms with Crippen molar-refractivity contribution in [2.24, 2.45) is 0 Å². The summed E-state index contributed by atoms with van der Waals surface area (Å²) in [6, 6.07) is 7.98. The number of aromatic hydroxyl groups is 4. The van der Waals surface area contributed by atoms with E-state index < -0.39 is 79.7 Å². The predicted molar refractivity (Wildman–Crippen MR) is 147 cm³/mol. The standard InChI is InChI=1S/C29H36O15/c1-13-22(36)23(37)24(38)29(41-13)44-27-25(39)28(40-9-8-15-3-6-17(32)19(34)11-15)42-20(12-30)26(27)43-21(35)7-4-14-2-5-16(31)18(33)10-14/h2-7,10-11,13,20,22-34,36-39H,8-9,12H2,1H3/b7-4-/t13-,20-,22-,23+,24+,25+,26+,27+,28+,29+/m0/s1. The van der Waals surface area contributed by atoms with E-state index in [9.17, 15) is 50.8 Å². The number of aliphatic hydroxyl groups excluding tert-OH is 5. The molecule has 2 aliphatic heterocycles. The molecule has 0 radical (unpaired) electrons. The van der Waals surface area contributed by atoms with E-state index in [0.29, 0.717) is 11.1 Å². The first-order chi connectivity index (χ1) is 20.9. The third-order valence-electron chi connectivity index (χ3n) is 7.27. The minimum absolute atomic E-state index is 0.0754. The van der Waals surface area contributed by atoms with Crippen LogP contribution in [0, 0.1) is 0 Å². The SMILES string of the molecule is C[C@@H]1O[C@H](O[C@@H]2[C@@H](O)[C@H](OCCc3ccc(O)c(O)c3)O[C@@H](CO)[C@H]2OC(=O)/C=C\c2ccc(O)c(O)c2)[C@H](O)[C@H](O)[C@H]1O. The predicted octanol–water partition coefficient (Wildman–Crippen LogP) is -1.02. The number of phenols is 4. The molecule has 0 aliphatic carbocycles. The summed E-state index contributed by atoms with van der Waals surface area (Å²) in [5.41, 5.74) is 0.914. The van der Waals surface area contributed by atoms with Gasteiger partial charge in [-0.05, 0) is 54.8 Å². The zero-order valence-corrected chi connectivity index (χ0v) is 23.5. The Morgan fingerprint density at radius 2 is 1.50 bits per heavy atom. The fourth-order valence-corrected chi connectivity index (χ4v) is 4.76. The lowest BCUT2D eigenvalue weighted by atomic mass is 9.97. The minimum atomic E-state index is -1.77. The van der Waals surface area contributed by atoms with Gasteiger partial charge >= 0.3 is 5.97 Å². The fourth-order valence-electron chi connectivity index (χ4n) is 4.76. The first-order valence-electron chi connectivity index (χ1n) is 13.7. The van der Waals surface area contributed by atoms with Crippen molar-refractivity contribution in [2.45, 2.75) is 74.8 Å². The maximum Gasteiger partial charge on any atom is 0.331 e. The lowest BCUT2D eigenvalue weighted by molar-refractivity contribution is -0.357. The average molecular weight is 625 g/mol. The Balaban J connectivity index is 1.52. The van der Waals surface area contributed by atoms with Gasteiger partial charge in [-0.15, -0.1) is 0 Å². The Morgan fingerprint density at radius 1 is 0.818 bits per heavy atom. The summed E-state index contributed by atoms with van der Waals surface area (Å²) in [6.07, 6.45) is -12.6. The van der Waals surface area contributed by atoms with E-state index in [4.69, 9.17) is 23.7 Å². The highest BCUT2D eigenvalue weighted by Gasteiger charge is 2.52. The summed E-state index contributed by atoms with van der Waals surface area (Å²) in [6.45, 7) is 0.606. The molecule has 2 saturated heterocycles. The van der Waals surface area contributed by atoms with Crippen molar-refractivity contribution in [3.63, 3.8) is 0 Å². The second-order valence-corrected chi connectivity index (χ2v) is 10.4. The zero-order chi connectivity index (χ0) is 32.1. The molecule has 0 aromatic heterocycles. The van der Waals surface area contributed by atoms with Gasteiger partial charge in [-0.3, -0.25) is 0 Å². The number of esters is 1. The van der Waals surface area contributed by atoms with E-state index >= 15 is 0 Å². The third kappa shape index (κ3) is 7.76. The summed E-state index contributed by atoms with van der Waals surface area (Å²) >= 11 is 0. The second kappa shape index (κ2) is 14.5. The van der Waals surface area contributed by atoms with Gasteiger partial charge < -0.3 is 69.6 Å². The van der Waals surface area contributed by atoms with Gasteiger partial charge in [0, 0.05) is 6.08 Å². The Morgan fingerprint density at radius 3 is 2.16 bits per heavy atom. The fraction of sp³-hybridized carbons (Fsp3) is 0.483. The van der Waals surface area contributed by atoms with Crippen molar-refractivity contribution in [1.29, 1.82) is 0 Å². The van der Waals surface area contributed by atoms with E-state index in [1.165, 1.54) is 43.3 Å². The van der Waals surface area contributed by atoms with Crippen LogP contribution in [0.15, 0.2) is 42.5 Å². The molecule has 0 bridgehead atoms. The van der Waals surface area contributed by atoms with Crippen molar-refractivity contribution in [2.75, 3.05) is 13.2 Å². The number of ether oxygens (including phenoxy) is 5. The summed E-state index contributed by atoms with van der Waals surface area (Å²) < 4.78 is 28.2. The van der Waals surface area contributed by atoms with Crippen LogP contribution >= 0.6 is 0 Å². The maximum absolute atomic E-state index is 12.8. The van der Waals surface area contributed by atoms with Gasteiger partial charge in [-0.1, -0.05) is 12.1 Å². The average Bonchev–Trinajstić information content (AvgIpc) is 2.99. The normalized spacial score (nSPS) is 32.5. The van der Waals surface area contributed by atoms with Crippen molar-refractivity contribution in [3.8, 4) is 23.0 Å². The molecule has 2 heterocycles. The molecule has 15 nitrogen and oxygen atoms in total. The van der Waals surface area contributed by atoms with Crippen LogP contribution in [0.25, 0.3) is 6.08 Å². The van der Waals surface area contributed by atoms with Crippen LogP contribution in [-0.4, -0.2) is 127 Å². The molecule has 44 heavy (non-hydrogen) atoms. The van der Waals surface area contributed by atoms with E-state index in [0.717, 1.165) is 6.08 Å². The third-order valence-corrected chi connectivity index (χ3v) is 7.27. The number of hydrogen-bond donors (Lipinski definition) is 9. The molecule has 0 amide bonds. The number of rotatable bonds is 10. The number of carbonyl (C=O) groups excluding carboxylic acids is 1. The van der Waals surface area contributed by atoms with Gasteiger partial charge in [0.2, 0.25) is 0 Å². The van der Waals surface area contributed by atoms with E-state index in [2.05, 4.69) is 0 Å². The minimum Gasteiger partial charge on any atom is -0.504 e. The molecule has 242 valence electrons. The first kappa shape index (κ1) is 33.4. The maximum atomic E-state index is 12.8. The quantitative estimate of drug-likeness (QED) is 0.0873. The molecular weight excluding hydrogens is 588 g/mol. The number of carbonyl (C=O) groups is 1. The van der Waals surface area contributed by atoms with Crippen LogP contribution in [-0.2, 0) is 34.9 Å². The molecule has 2 aromatic carbocycles. The lowest BCUT2D eigenvalue weighted by Crippen LogP contribution is -2.65. The zero-order valence-electron chi connectivity index (χ0n) is 23.5. The van der Waals surface area contributed by atoms with Crippen LogP contribution < -0.4 is 0 Å². The summed E-state index contributed by atoms with van der Waals surface area (Å²) in [7, 11) is 0. The van der Waals surface area contributed by atoms with Crippen LogP contribution in [0.3, 0.4) is 0 Å². The largest absolute Gasteiger partial charge is 0.504 e. The molecule has 0 saturated carbocycles. The van der Waals surface area contributed by atoms with Crippen LogP contribution in [0.2, 0.25) is 0 Å². The van der Waals surface area contributed by atoms with Crippen LogP contribution in [0.4, 0.5) is 0 Å². The number of benzene rings is 2. The molecule has 2 aromatic rings. The highest BCUT2D eigenvalue weighted by molar-refractivity contribution is 5.87. The smallest absolute Gasteiger partial charge is 0.331 e. The highest BCUT2D eigenvalue weighted by atomic mass is 16.7. The Kier molecular flexibility index (Phi) is 11.0. The molecule has 2 aliphatic rings. The molecule has 10 atom stereocenters. The summed E-state index contributed by atoms with van der Waals surface area (Å²) in [5.74, 6) is -2.40. The summed E-state index contributed by atoms with van der Waals surface area (Å²) in [4.78, 5) is 12.8. The summed E-state index contributed by atoms with van der Waals surface area (Å²) in [5, 5.41) is 90.5. The van der Waals surface area contributed by atoms with E-state index in [1.807, 2.05) is 0 Å². The number of phenolic OH excluding ortho intramolecular Hbond substituents is 4. The van der Waals surface area contributed by atoms with E-state index in [1.54, 1.807) is 6.07 Å². The molecule has 4 rings (SSSR count). The van der Waals surface area contributed by atoms with Gasteiger partial charge in [-0.2, -0.15) is 0 Å². The first-order valence-corrected chi connectivity index (χ1v) is 13.7. The van der Waals surface area contributed by atoms with Gasteiger partial charge in [-0.25, -0.2) is 4.79 Å². The van der Waals surface area contributed by atoms with Gasteiger partial charge in [0.1, 0.15) is 36.6 Å². The lowest BCUT2D eigenvalue weighted by Gasteiger charge is -2.46. The number of aliphatic hydroxyl groups is 5. The molecule has 0 unspecified atom stereocenters. The highest BCUT2D eigenvalue weighted by Crippen LogP contribution is 2.32. The van der Waals surface area contributed by atoms with Crippen molar-refractivity contribution in [1.82, 2.24) is 0 Å². The number of hydrogen-bond acceptors (Lipinski definition) is 15. The van der Waals surface area contributed by atoms with Gasteiger partial charge in [0.05, 0.1) is 19.3 Å². The van der Waals surface area contributed by atoms with Crippen molar-refractivity contribution >= 4 is 12.0 Å². The second-order valence-electron chi connectivity index (χ2n) is 10.4. The Labute approximate surface area is 251 Å². The molecule has 9 N–H and O–H groups in total. The molecular formula is C29H36O15. The Bertz CT molecular complexity index is 1300. The van der Waals surface area contributed by atoms with Gasteiger partial charge in [0.15, 0.2) is 41.7 Å². The molecule has 2 fully saturated rings. The monoisotopic (exact) mass is 624 g/mol.